The standard InChI is InChI=1S/C12H9Cl2NO3/c1-6-15-10(12(16)18-6)4-7-3-8(13)5-9(14)11(7)17-2/h3-5H,1-2H3/b10-4-. The van der Waals surface area contributed by atoms with E-state index in [1.54, 1.807) is 19.1 Å². The number of hydrogen-bond acceptors (Lipinski definition) is 4. The maximum atomic E-state index is 11.4. The molecule has 0 amide bonds. The largest absolute Gasteiger partial charge is 0.495 e. The molecule has 0 atom stereocenters. The van der Waals surface area contributed by atoms with Gasteiger partial charge in [-0.05, 0) is 18.2 Å². The number of halogens is 2. The molecule has 0 fully saturated rings. The van der Waals surface area contributed by atoms with Gasteiger partial charge in [0.1, 0.15) is 5.75 Å². The van der Waals surface area contributed by atoms with E-state index in [1.165, 1.54) is 13.2 Å². The van der Waals surface area contributed by atoms with Gasteiger partial charge in [-0.3, -0.25) is 0 Å². The average Bonchev–Trinajstić information content (AvgIpc) is 2.57. The first-order valence-corrected chi connectivity index (χ1v) is 5.79. The molecule has 1 aliphatic rings. The van der Waals surface area contributed by atoms with Crippen LogP contribution in [0.25, 0.3) is 6.08 Å². The van der Waals surface area contributed by atoms with Gasteiger partial charge >= 0.3 is 5.97 Å². The number of rotatable bonds is 2. The smallest absolute Gasteiger partial charge is 0.363 e. The number of benzene rings is 1. The second-order valence-corrected chi connectivity index (χ2v) is 4.40. The Morgan fingerprint density at radius 3 is 2.67 bits per heavy atom. The van der Waals surface area contributed by atoms with E-state index >= 15 is 0 Å². The van der Waals surface area contributed by atoms with Gasteiger partial charge in [0.25, 0.3) is 0 Å². The van der Waals surface area contributed by atoms with E-state index in [0.717, 1.165) is 0 Å². The van der Waals surface area contributed by atoms with Crippen molar-refractivity contribution in [1.82, 2.24) is 0 Å². The Hall–Kier alpha value is -1.52. The van der Waals surface area contributed by atoms with Crippen LogP contribution < -0.4 is 4.74 Å². The zero-order valence-corrected chi connectivity index (χ0v) is 11.2. The minimum absolute atomic E-state index is 0.184. The van der Waals surface area contributed by atoms with Crippen LogP contribution >= 0.6 is 23.2 Å². The van der Waals surface area contributed by atoms with Crippen LogP contribution in [-0.4, -0.2) is 19.0 Å². The predicted octanol–water partition coefficient (Wildman–Crippen LogP) is 3.32. The Morgan fingerprint density at radius 2 is 2.11 bits per heavy atom. The van der Waals surface area contributed by atoms with Crippen molar-refractivity contribution in [2.45, 2.75) is 6.92 Å². The first kappa shape index (κ1) is 12.9. The highest BCUT2D eigenvalue weighted by Crippen LogP contribution is 2.34. The number of ether oxygens (including phenoxy) is 2. The Kier molecular flexibility index (Phi) is 3.59. The highest BCUT2D eigenvalue weighted by molar-refractivity contribution is 6.36. The zero-order valence-electron chi connectivity index (χ0n) is 9.66. The summed E-state index contributed by atoms with van der Waals surface area (Å²) in [5.74, 6) is 0.227. The Morgan fingerprint density at radius 1 is 1.39 bits per heavy atom. The Labute approximate surface area is 114 Å². The number of cyclic esters (lactones) is 1. The van der Waals surface area contributed by atoms with E-state index in [4.69, 9.17) is 32.7 Å². The lowest BCUT2D eigenvalue weighted by Gasteiger charge is -2.07. The molecule has 2 rings (SSSR count). The summed E-state index contributed by atoms with van der Waals surface area (Å²) < 4.78 is 9.98. The van der Waals surface area contributed by atoms with Crippen molar-refractivity contribution < 1.29 is 14.3 Å². The van der Waals surface area contributed by atoms with Crippen LogP contribution in [0.15, 0.2) is 22.8 Å². The lowest BCUT2D eigenvalue weighted by atomic mass is 10.1. The quantitative estimate of drug-likeness (QED) is 0.619. The number of methoxy groups -OCH3 is 1. The van der Waals surface area contributed by atoms with E-state index in [1.807, 2.05) is 0 Å². The number of carbonyl (C=O) groups is 1. The van der Waals surface area contributed by atoms with Crippen LogP contribution in [-0.2, 0) is 9.53 Å². The number of hydrogen-bond donors (Lipinski definition) is 0. The summed E-state index contributed by atoms with van der Waals surface area (Å²) in [5.41, 5.74) is 0.754. The molecule has 0 saturated heterocycles. The molecule has 6 heteroatoms. The molecule has 0 aromatic heterocycles. The monoisotopic (exact) mass is 285 g/mol. The molecule has 0 radical (unpaired) electrons. The summed E-state index contributed by atoms with van der Waals surface area (Å²) in [6, 6.07) is 3.20. The lowest BCUT2D eigenvalue weighted by molar-refractivity contribution is -0.130. The van der Waals surface area contributed by atoms with Gasteiger partial charge in [0.05, 0.1) is 12.1 Å². The van der Waals surface area contributed by atoms with Crippen molar-refractivity contribution in [1.29, 1.82) is 0 Å². The van der Waals surface area contributed by atoms with Gasteiger partial charge in [-0.25, -0.2) is 9.79 Å². The van der Waals surface area contributed by atoms with Crippen LogP contribution in [0.5, 0.6) is 5.75 Å². The summed E-state index contributed by atoms with van der Waals surface area (Å²) in [4.78, 5) is 15.4. The third-order valence-corrected chi connectivity index (χ3v) is 2.76. The molecule has 4 nitrogen and oxygen atoms in total. The molecule has 18 heavy (non-hydrogen) atoms. The molecule has 0 saturated carbocycles. The minimum atomic E-state index is -0.509. The molecular weight excluding hydrogens is 277 g/mol. The van der Waals surface area contributed by atoms with Crippen LogP contribution in [0.4, 0.5) is 0 Å². The molecule has 1 aromatic rings. The van der Waals surface area contributed by atoms with Gasteiger partial charge in [-0.15, -0.1) is 0 Å². The lowest BCUT2D eigenvalue weighted by Crippen LogP contribution is -2.00. The number of carbonyl (C=O) groups excluding carboxylic acids is 1. The second kappa shape index (κ2) is 5.00. The van der Waals surface area contributed by atoms with Crippen molar-refractivity contribution in [2.24, 2.45) is 4.99 Å². The minimum Gasteiger partial charge on any atom is -0.495 e. The fraction of sp³-hybridized carbons (Fsp3) is 0.167. The van der Waals surface area contributed by atoms with Crippen molar-refractivity contribution in [3.05, 3.63) is 33.4 Å². The van der Waals surface area contributed by atoms with Crippen molar-refractivity contribution in [2.75, 3.05) is 7.11 Å². The average molecular weight is 286 g/mol. The summed E-state index contributed by atoms with van der Waals surface area (Å²) in [6.45, 7) is 1.60. The maximum absolute atomic E-state index is 11.4. The molecule has 94 valence electrons. The Balaban J connectivity index is 2.52. The van der Waals surface area contributed by atoms with Gasteiger partial charge in [-0.2, -0.15) is 0 Å². The second-order valence-electron chi connectivity index (χ2n) is 3.56. The SMILES string of the molecule is COc1c(Cl)cc(Cl)cc1/C=C1\N=C(C)OC1=O. The van der Waals surface area contributed by atoms with Crippen LogP contribution in [0, 0.1) is 0 Å². The van der Waals surface area contributed by atoms with Gasteiger partial charge in [0.2, 0.25) is 0 Å². The first-order valence-electron chi connectivity index (χ1n) is 5.03. The molecule has 1 heterocycles. The van der Waals surface area contributed by atoms with E-state index in [0.29, 0.717) is 27.3 Å². The van der Waals surface area contributed by atoms with Gasteiger partial charge < -0.3 is 9.47 Å². The maximum Gasteiger partial charge on any atom is 0.363 e. The van der Waals surface area contributed by atoms with Crippen molar-refractivity contribution >= 4 is 41.1 Å². The summed E-state index contributed by atoms with van der Waals surface area (Å²) in [7, 11) is 1.48. The van der Waals surface area contributed by atoms with Crippen LogP contribution in [0.3, 0.4) is 0 Å². The fourth-order valence-electron chi connectivity index (χ4n) is 1.57. The Bertz CT molecular complexity index is 579. The van der Waals surface area contributed by atoms with Crippen molar-refractivity contribution in [3.8, 4) is 5.75 Å². The van der Waals surface area contributed by atoms with Crippen LogP contribution in [0.1, 0.15) is 12.5 Å². The normalized spacial score (nSPS) is 16.8. The highest BCUT2D eigenvalue weighted by Gasteiger charge is 2.20. The molecule has 0 spiro atoms. The van der Waals surface area contributed by atoms with Gasteiger partial charge in [0, 0.05) is 17.5 Å². The van der Waals surface area contributed by atoms with Gasteiger partial charge in [-0.1, -0.05) is 23.2 Å². The third-order valence-electron chi connectivity index (χ3n) is 2.26. The molecule has 1 aliphatic heterocycles. The van der Waals surface area contributed by atoms with E-state index in [-0.39, 0.29) is 5.70 Å². The number of aliphatic imine (C=N–C) groups is 1. The van der Waals surface area contributed by atoms with Crippen molar-refractivity contribution in [3.63, 3.8) is 0 Å². The predicted molar refractivity (Wildman–Crippen MR) is 70.2 cm³/mol. The topological polar surface area (TPSA) is 47.9 Å². The highest BCUT2D eigenvalue weighted by atomic mass is 35.5. The zero-order chi connectivity index (χ0) is 13.3. The molecule has 0 unspecified atom stereocenters. The summed E-state index contributed by atoms with van der Waals surface area (Å²) in [6.07, 6.45) is 1.52. The third kappa shape index (κ3) is 2.49. The molecule has 0 aliphatic carbocycles. The van der Waals surface area contributed by atoms with E-state index in [9.17, 15) is 4.79 Å². The molecule has 0 N–H and O–H groups in total. The summed E-state index contributed by atoms with van der Waals surface area (Å²) in [5, 5.41) is 0.809. The molecular formula is C12H9Cl2NO3. The first-order chi connectivity index (χ1) is 8.51. The van der Waals surface area contributed by atoms with Crippen LogP contribution in [0.2, 0.25) is 10.0 Å². The number of esters is 1. The summed E-state index contributed by atoms with van der Waals surface area (Å²) >= 11 is 11.9. The fourth-order valence-corrected chi connectivity index (χ4v) is 2.15. The molecule has 0 bridgehead atoms. The van der Waals surface area contributed by atoms with Gasteiger partial charge in [0.15, 0.2) is 11.6 Å². The molecule has 1 aromatic carbocycles. The van der Waals surface area contributed by atoms with E-state index in [2.05, 4.69) is 4.99 Å². The van der Waals surface area contributed by atoms with E-state index < -0.39 is 5.97 Å². The number of nitrogens with zero attached hydrogens (tertiary/aromatic N) is 1.